The molecule has 0 radical (unpaired) electrons. The van der Waals surface area contributed by atoms with Gasteiger partial charge in [-0.2, -0.15) is 0 Å². The summed E-state index contributed by atoms with van der Waals surface area (Å²) in [5.74, 6) is -0.774. The van der Waals surface area contributed by atoms with Crippen LogP contribution in [0, 0.1) is 5.92 Å². The average molecular weight is 282 g/mol. The molecule has 2 N–H and O–H groups in total. The number of aliphatic hydroxyl groups excluding tert-OH is 1. The van der Waals surface area contributed by atoms with E-state index < -0.39 is 18.1 Å². The number of hydrogen-bond donors (Lipinski definition) is 2. The van der Waals surface area contributed by atoms with Crippen LogP contribution in [0.5, 0.6) is 0 Å². The Morgan fingerprint density at radius 3 is 2.89 bits per heavy atom. The zero-order valence-corrected chi connectivity index (χ0v) is 11.3. The van der Waals surface area contributed by atoms with Crippen LogP contribution < -0.4 is 0 Å². The van der Waals surface area contributed by atoms with Crippen LogP contribution in [-0.2, 0) is 4.79 Å². The fraction of sp³-hybridized carbons (Fsp3) is 0.357. The normalized spacial score (nSPS) is 23.4. The molecule has 0 spiro atoms. The zero-order valence-electron chi connectivity index (χ0n) is 10.5. The molecule has 19 heavy (non-hydrogen) atoms. The lowest BCUT2D eigenvalue weighted by atomic mass is 9.91. The molecule has 1 aromatic carbocycles. The van der Waals surface area contributed by atoms with E-state index in [9.17, 15) is 15.1 Å². The molecule has 0 heterocycles. The molecule has 0 aliphatic heterocycles. The first-order chi connectivity index (χ1) is 9.00. The molecule has 4 nitrogen and oxygen atoms in total. The third-order valence-electron chi connectivity index (χ3n) is 3.37. The van der Waals surface area contributed by atoms with E-state index in [0.717, 1.165) is 0 Å². The maximum atomic E-state index is 11.2. The van der Waals surface area contributed by atoms with Crippen LogP contribution in [0.15, 0.2) is 36.4 Å². The van der Waals surface area contributed by atoms with Gasteiger partial charge in [-0.25, -0.2) is 5.06 Å². The summed E-state index contributed by atoms with van der Waals surface area (Å²) >= 11 is 5.90. The topological polar surface area (TPSA) is 60.8 Å². The van der Waals surface area contributed by atoms with Gasteiger partial charge < -0.3 is 5.11 Å². The third-order valence-corrected chi connectivity index (χ3v) is 3.61. The first kappa shape index (κ1) is 14.1. The lowest BCUT2D eigenvalue weighted by molar-refractivity contribution is -0.178. The maximum absolute atomic E-state index is 11.2. The highest BCUT2D eigenvalue weighted by molar-refractivity contribution is 6.30. The lowest BCUT2D eigenvalue weighted by Gasteiger charge is -2.29. The Labute approximate surface area is 116 Å². The largest absolute Gasteiger partial charge is 0.388 e. The van der Waals surface area contributed by atoms with Crippen molar-refractivity contribution in [1.82, 2.24) is 5.06 Å². The first-order valence-electron chi connectivity index (χ1n) is 6.09. The fourth-order valence-corrected chi connectivity index (χ4v) is 2.58. The molecule has 102 valence electrons. The molecule has 1 amide bonds. The van der Waals surface area contributed by atoms with Crippen molar-refractivity contribution < 1.29 is 15.1 Å². The fourth-order valence-electron chi connectivity index (χ4n) is 2.39. The standard InChI is InChI=1S/C14H16ClNO3/c1-9(17)16(19)13-7-3-6-12(13)14(18)10-4-2-5-11(15)8-10/h2-6,8,12-14,18-19H,7H2,1H3. The Kier molecular flexibility index (Phi) is 4.24. The number of halogens is 1. The number of benzene rings is 1. The minimum Gasteiger partial charge on any atom is -0.388 e. The van der Waals surface area contributed by atoms with Crippen LogP contribution >= 0.6 is 11.6 Å². The highest BCUT2D eigenvalue weighted by Gasteiger charge is 2.35. The number of rotatable bonds is 3. The van der Waals surface area contributed by atoms with Crippen LogP contribution in [0.4, 0.5) is 0 Å². The molecule has 0 bridgehead atoms. The Balaban J connectivity index is 2.20. The van der Waals surface area contributed by atoms with Crippen molar-refractivity contribution in [2.45, 2.75) is 25.5 Å². The summed E-state index contributed by atoms with van der Waals surface area (Å²) in [7, 11) is 0. The average Bonchev–Trinajstić information content (AvgIpc) is 2.85. The van der Waals surface area contributed by atoms with Crippen molar-refractivity contribution in [2.75, 3.05) is 0 Å². The molecule has 5 heteroatoms. The zero-order chi connectivity index (χ0) is 14.0. The summed E-state index contributed by atoms with van der Waals surface area (Å²) in [5, 5.41) is 21.4. The molecule has 2 rings (SSSR count). The minimum atomic E-state index is -0.809. The van der Waals surface area contributed by atoms with Gasteiger partial charge in [-0.3, -0.25) is 10.0 Å². The van der Waals surface area contributed by atoms with Gasteiger partial charge in [0, 0.05) is 17.9 Å². The van der Waals surface area contributed by atoms with Gasteiger partial charge in [0.1, 0.15) is 0 Å². The van der Waals surface area contributed by atoms with Crippen LogP contribution in [0.3, 0.4) is 0 Å². The number of aliphatic hydroxyl groups is 1. The highest BCUT2D eigenvalue weighted by atomic mass is 35.5. The van der Waals surface area contributed by atoms with E-state index in [1.807, 2.05) is 12.2 Å². The van der Waals surface area contributed by atoms with E-state index in [-0.39, 0.29) is 5.92 Å². The van der Waals surface area contributed by atoms with Gasteiger partial charge in [-0.1, -0.05) is 35.9 Å². The minimum absolute atomic E-state index is 0.340. The maximum Gasteiger partial charge on any atom is 0.243 e. The highest BCUT2D eigenvalue weighted by Crippen LogP contribution is 2.34. The number of carbonyl (C=O) groups excluding carboxylic acids is 1. The molecule has 1 aliphatic carbocycles. The molecule has 0 saturated carbocycles. The second kappa shape index (κ2) is 5.74. The summed E-state index contributed by atoms with van der Waals surface area (Å²) in [5.41, 5.74) is 0.672. The summed E-state index contributed by atoms with van der Waals surface area (Å²) in [6.45, 7) is 1.29. The number of hydroxylamine groups is 2. The Morgan fingerprint density at radius 1 is 1.53 bits per heavy atom. The van der Waals surface area contributed by atoms with Gasteiger partial charge >= 0.3 is 0 Å². The summed E-state index contributed by atoms with van der Waals surface area (Å²) in [6.07, 6.45) is 3.40. The summed E-state index contributed by atoms with van der Waals surface area (Å²) in [6, 6.07) is 6.51. The molecule has 0 saturated heterocycles. The predicted molar refractivity (Wildman–Crippen MR) is 71.8 cm³/mol. The quantitative estimate of drug-likeness (QED) is 0.508. The van der Waals surface area contributed by atoms with Crippen molar-refractivity contribution in [1.29, 1.82) is 0 Å². The van der Waals surface area contributed by atoms with Gasteiger partial charge in [-0.05, 0) is 24.1 Å². The van der Waals surface area contributed by atoms with Gasteiger partial charge in [-0.15, -0.1) is 0 Å². The molecule has 3 atom stereocenters. The second-order valence-electron chi connectivity index (χ2n) is 4.67. The molecule has 3 unspecified atom stereocenters. The van der Waals surface area contributed by atoms with Crippen LogP contribution in [0.1, 0.15) is 25.0 Å². The predicted octanol–water partition coefficient (Wildman–Crippen LogP) is 2.56. The Morgan fingerprint density at radius 2 is 2.26 bits per heavy atom. The number of hydrogen-bond acceptors (Lipinski definition) is 3. The SMILES string of the molecule is CC(=O)N(O)C1CC=CC1C(O)c1cccc(Cl)c1. The van der Waals surface area contributed by atoms with Gasteiger partial charge in [0.15, 0.2) is 0 Å². The van der Waals surface area contributed by atoms with Crippen molar-refractivity contribution in [2.24, 2.45) is 5.92 Å². The number of nitrogens with zero attached hydrogens (tertiary/aromatic N) is 1. The summed E-state index contributed by atoms with van der Waals surface area (Å²) in [4.78, 5) is 11.2. The van der Waals surface area contributed by atoms with Gasteiger partial charge in [0.2, 0.25) is 5.91 Å². The van der Waals surface area contributed by atoms with Crippen molar-refractivity contribution >= 4 is 17.5 Å². The van der Waals surface area contributed by atoms with Crippen LogP contribution in [-0.4, -0.2) is 27.3 Å². The van der Waals surface area contributed by atoms with E-state index in [2.05, 4.69) is 0 Å². The number of amides is 1. The van der Waals surface area contributed by atoms with Gasteiger partial charge in [0.05, 0.1) is 12.1 Å². The first-order valence-corrected chi connectivity index (χ1v) is 6.47. The molecular formula is C14H16ClNO3. The molecular weight excluding hydrogens is 266 g/mol. The molecule has 1 aromatic rings. The van der Waals surface area contributed by atoms with Crippen molar-refractivity contribution in [3.05, 3.63) is 47.0 Å². The second-order valence-corrected chi connectivity index (χ2v) is 5.11. The van der Waals surface area contributed by atoms with Gasteiger partial charge in [0.25, 0.3) is 0 Å². The van der Waals surface area contributed by atoms with E-state index in [0.29, 0.717) is 22.1 Å². The van der Waals surface area contributed by atoms with Crippen LogP contribution in [0.25, 0.3) is 0 Å². The van der Waals surface area contributed by atoms with E-state index in [1.54, 1.807) is 24.3 Å². The van der Waals surface area contributed by atoms with Crippen LogP contribution in [0.2, 0.25) is 5.02 Å². The van der Waals surface area contributed by atoms with Crippen molar-refractivity contribution in [3.8, 4) is 0 Å². The Bertz CT molecular complexity index is 503. The van der Waals surface area contributed by atoms with E-state index in [4.69, 9.17) is 11.6 Å². The third kappa shape index (κ3) is 2.97. The van der Waals surface area contributed by atoms with Crippen molar-refractivity contribution in [3.63, 3.8) is 0 Å². The van der Waals surface area contributed by atoms with E-state index >= 15 is 0 Å². The molecule has 1 aliphatic rings. The monoisotopic (exact) mass is 281 g/mol. The molecule has 0 aromatic heterocycles. The van der Waals surface area contributed by atoms with E-state index in [1.165, 1.54) is 6.92 Å². The summed E-state index contributed by atoms with van der Waals surface area (Å²) < 4.78 is 0. The molecule has 0 fully saturated rings. The lowest BCUT2D eigenvalue weighted by Crippen LogP contribution is -2.40. The number of carbonyl (C=O) groups is 1. The smallest absolute Gasteiger partial charge is 0.243 e. The Hall–Kier alpha value is -1.36.